The molecular weight excluding hydrogens is 146 g/mol. The lowest BCUT2D eigenvalue weighted by atomic mass is 10.2. The number of rotatable bonds is 1. The van der Waals surface area contributed by atoms with Gasteiger partial charge in [-0.25, -0.2) is 0 Å². The van der Waals surface area contributed by atoms with Gasteiger partial charge >= 0.3 is 0 Å². The Morgan fingerprint density at radius 1 is 1.42 bits per heavy atom. The molecule has 2 rings (SSSR count). The normalized spacial score (nSPS) is 10.8. The van der Waals surface area contributed by atoms with Crippen LogP contribution in [0.4, 0.5) is 0 Å². The van der Waals surface area contributed by atoms with Gasteiger partial charge in [-0.05, 0) is 25.5 Å². The second-order valence-electron chi connectivity index (χ2n) is 3.13. The van der Waals surface area contributed by atoms with E-state index in [0.717, 1.165) is 6.42 Å². The number of hydrogen-bond acceptors (Lipinski definition) is 0. The van der Waals surface area contributed by atoms with E-state index >= 15 is 0 Å². The van der Waals surface area contributed by atoms with Gasteiger partial charge < -0.3 is 4.98 Å². The number of nitrogens with one attached hydrogen (secondary N) is 1. The Kier molecular flexibility index (Phi) is 1.65. The van der Waals surface area contributed by atoms with Crippen LogP contribution < -0.4 is 0 Å². The molecule has 12 heavy (non-hydrogen) atoms. The Balaban J connectivity index is 2.67. The highest BCUT2D eigenvalue weighted by atomic mass is 14.7. The summed E-state index contributed by atoms with van der Waals surface area (Å²) in [5, 5.41) is 1.20. The highest BCUT2D eigenvalue weighted by Crippen LogP contribution is 2.16. The van der Waals surface area contributed by atoms with Gasteiger partial charge in [-0.3, -0.25) is 0 Å². The molecule has 61 valence electrons. The molecule has 1 nitrogen and oxygen atoms in total. The molecule has 1 aromatic carbocycles. The van der Waals surface area contributed by atoms with Crippen molar-refractivity contribution in [3.05, 3.63) is 35.5 Å². The van der Waals surface area contributed by atoms with E-state index in [1.165, 1.54) is 22.2 Å². The maximum atomic E-state index is 3.33. The summed E-state index contributed by atoms with van der Waals surface area (Å²) >= 11 is 0. The molecule has 1 heteroatoms. The Hall–Kier alpha value is -1.24. The summed E-state index contributed by atoms with van der Waals surface area (Å²) in [6, 6.07) is 9.72. The second-order valence-corrected chi connectivity index (χ2v) is 3.13. The quantitative estimate of drug-likeness (QED) is 0.656. The lowest BCUT2D eigenvalue weighted by Gasteiger charge is -1.90. The van der Waals surface area contributed by atoms with Crippen LogP contribution in [-0.4, -0.2) is 4.98 Å². The minimum atomic E-state index is 1.02. The van der Waals surface area contributed by atoms with Crippen LogP contribution >= 0.6 is 0 Å². The molecule has 0 amide bonds. The van der Waals surface area contributed by atoms with Crippen LogP contribution in [0.2, 0.25) is 0 Å². The van der Waals surface area contributed by atoms with Gasteiger partial charge in [0.05, 0.1) is 0 Å². The van der Waals surface area contributed by atoms with Crippen molar-refractivity contribution in [2.45, 2.75) is 20.3 Å². The van der Waals surface area contributed by atoms with Gasteiger partial charge in [0.2, 0.25) is 0 Å². The van der Waals surface area contributed by atoms with Crippen LogP contribution in [0.1, 0.15) is 18.2 Å². The maximum Gasteiger partial charge on any atom is 0.0462 e. The predicted molar refractivity (Wildman–Crippen MR) is 51.2 cm³/mol. The van der Waals surface area contributed by atoms with Crippen molar-refractivity contribution in [2.24, 2.45) is 0 Å². The third-order valence-corrected chi connectivity index (χ3v) is 2.10. The zero-order valence-corrected chi connectivity index (χ0v) is 7.44. The van der Waals surface area contributed by atoms with E-state index in [2.05, 4.69) is 43.1 Å². The highest BCUT2D eigenvalue weighted by Gasteiger charge is 1.98. The van der Waals surface area contributed by atoms with E-state index in [1.807, 2.05) is 0 Å². The van der Waals surface area contributed by atoms with Crippen molar-refractivity contribution in [2.75, 3.05) is 0 Å². The first kappa shape index (κ1) is 7.41. The number of benzene rings is 1. The van der Waals surface area contributed by atoms with E-state index in [0.29, 0.717) is 0 Å². The summed E-state index contributed by atoms with van der Waals surface area (Å²) in [6.45, 7) is 4.24. The van der Waals surface area contributed by atoms with Crippen molar-refractivity contribution in [1.29, 1.82) is 0 Å². The molecule has 1 aromatic heterocycles. The molecule has 0 aliphatic carbocycles. The first-order valence-corrected chi connectivity index (χ1v) is 4.30. The molecule has 0 saturated carbocycles. The van der Waals surface area contributed by atoms with Crippen molar-refractivity contribution in [1.82, 2.24) is 4.98 Å². The van der Waals surface area contributed by atoms with Gasteiger partial charge in [-0.2, -0.15) is 0 Å². The number of aryl methyl sites for hydroxylation is 2. The first-order chi connectivity index (χ1) is 5.79. The molecule has 0 fully saturated rings. The number of aromatic amines is 1. The van der Waals surface area contributed by atoms with Gasteiger partial charge in [-0.1, -0.05) is 18.6 Å². The molecular formula is C11H12N. The summed E-state index contributed by atoms with van der Waals surface area (Å²) < 4.78 is 0. The Bertz CT molecular complexity index is 398. The van der Waals surface area contributed by atoms with Gasteiger partial charge in [0, 0.05) is 22.7 Å². The molecule has 0 spiro atoms. The summed E-state index contributed by atoms with van der Waals surface area (Å²) in [4.78, 5) is 3.32. The standard InChI is InChI=1S/C11H12N/c1-3-10-7-9-6-8(2)4-5-11(9)12-10/h4-6,12H,3H2,1-2H3. The van der Waals surface area contributed by atoms with Gasteiger partial charge in [-0.15, -0.1) is 0 Å². The minimum Gasteiger partial charge on any atom is -0.358 e. The minimum absolute atomic E-state index is 1.02. The van der Waals surface area contributed by atoms with Crippen LogP contribution in [-0.2, 0) is 6.42 Å². The van der Waals surface area contributed by atoms with Crippen molar-refractivity contribution in [3.63, 3.8) is 0 Å². The fraction of sp³-hybridized carbons (Fsp3) is 0.273. The molecule has 1 radical (unpaired) electrons. The number of hydrogen-bond donors (Lipinski definition) is 1. The van der Waals surface area contributed by atoms with Crippen LogP contribution in [0.5, 0.6) is 0 Å². The first-order valence-electron chi connectivity index (χ1n) is 4.30. The molecule has 1 N–H and O–H groups in total. The smallest absolute Gasteiger partial charge is 0.0462 e. The van der Waals surface area contributed by atoms with Crippen LogP contribution in [0.15, 0.2) is 18.2 Å². The number of H-pyrrole nitrogens is 1. The molecule has 0 bridgehead atoms. The molecule has 1 heterocycles. The monoisotopic (exact) mass is 158 g/mol. The molecule has 2 aromatic rings. The topological polar surface area (TPSA) is 15.8 Å². The van der Waals surface area contributed by atoms with Crippen LogP contribution in [0.25, 0.3) is 10.9 Å². The average Bonchev–Trinajstić information content (AvgIpc) is 2.46. The highest BCUT2D eigenvalue weighted by molar-refractivity contribution is 5.80. The van der Waals surface area contributed by atoms with Crippen molar-refractivity contribution in [3.8, 4) is 0 Å². The molecule has 0 aliphatic heterocycles. The third kappa shape index (κ3) is 1.11. The zero-order chi connectivity index (χ0) is 8.55. The molecule has 0 unspecified atom stereocenters. The Labute approximate surface area is 72.4 Å². The molecule has 0 atom stereocenters. The van der Waals surface area contributed by atoms with E-state index in [-0.39, 0.29) is 0 Å². The van der Waals surface area contributed by atoms with E-state index in [4.69, 9.17) is 0 Å². The second kappa shape index (κ2) is 2.67. The van der Waals surface area contributed by atoms with Crippen molar-refractivity contribution >= 4 is 10.9 Å². The zero-order valence-electron chi connectivity index (χ0n) is 7.44. The summed E-state index contributed by atoms with van der Waals surface area (Å²) in [6.07, 6.45) is 1.02. The largest absolute Gasteiger partial charge is 0.358 e. The Morgan fingerprint density at radius 3 is 3.00 bits per heavy atom. The summed E-state index contributed by atoms with van der Waals surface area (Å²) in [7, 11) is 0. The van der Waals surface area contributed by atoms with Crippen LogP contribution in [0.3, 0.4) is 0 Å². The van der Waals surface area contributed by atoms with E-state index < -0.39 is 0 Å². The van der Waals surface area contributed by atoms with Gasteiger partial charge in [0.15, 0.2) is 0 Å². The van der Waals surface area contributed by atoms with Gasteiger partial charge in [0.25, 0.3) is 0 Å². The number of fused-ring (bicyclic) bond motifs is 1. The summed E-state index contributed by atoms with van der Waals surface area (Å²) in [5.41, 5.74) is 3.67. The predicted octanol–water partition coefficient (Wildman–Crippen LogP) is 2.84. The fourth-order valence-corrected chi connectivity index (χ4v) is 1.40. The molecule has 0 saturated heterocycles. The third-order valence-electron chi connectivity index (χ3n) is 2.10. The number of aromatic nitrogens is 1. The van der Waals surface area contributed by atoms with Crippen molar-refractivity contribution < 1.29 is 0 Å². The molecule has 0 aliphatic rings. The average molecular weight is 158 g/mol. The Morgan fingerprint density at radius 2 is 2.25 bits per heavy atom. The van der Waals surface area contributed by atoms with Crippen LogP contribution in [0, 0.1) is 13.0 Å². The maximum absolute atomic E-state index is 3.33. The van der Waals surface area contributed by atoms with Gasteiger partial charge in [0.1, 0.15) is 0 Å². The summed E-state index contributed by atoms with van der Waals surface area (Å²) in [5.74, 6) is 0. The van der Waals surface area contributed by atoms with E-state index in [1.54, 1.807) is 0 Å². The lowest BCUT2D eigenvalue weighted by Crippen LogP contribution is -1.75. The lowest BCUT2D eigenvalue weighted by molar-refractivity contribution is 1.07. The SMILES string of the molecule is CCc1[c]c2cc(C)ccc2[nH]1. The van der Waals surface area contributed by atoms with E-state index in [9.17, 15) is 0 Å². The fourth-order valence-electron chi connectivity index (χ4n) is 1.40.